The first-order chi connectivity index (χ1) is 9.20. The molecule has 0 amide bonds. The number of aromatic nitrogens is 1. The molecule has 19 heavy (non-hydrogen) atoms. The van der Waals surface area contributed by atoms with E-state index in [0.717, 1.165) is 40.9 Å². The Morgan fingerprint density at radius 3 is 3.16 bits per heavy atom. The molecule has 3 nitrogen and oxygen atoms in total. The molecule has 1 aliphatic rings. The number of hydrogen-bond donors (Lipinski definition) is 1. The van der Waals surface area contributed by atoms with Gasteiger partial charge in [-0.1, -0.05) is 11.6 Å². The number of benzene rings is 1. The van der Waals surface area contributed by atoms with E-state index in [1.54, 1.807) is 0 Å². The highest BCUT2D eigenvalue weighted by atomic mass is 35.5. The van der Waals surface area contributed by atoms with Gasteiger partial charge < -0.3 is 9.72 Å². The highest BCUT2D eigenvalue weighted by Crippen LogP contribution is 2.37. The van der Waals surface area contributed by atoms with Gasteiger partial charge in [-0.05, 0) is 49.9 Å². The summed E-state index contributed by atoms with van der Waals surface area (Å²) >= 11 is 6.06. The number of halogens is 1. The van der Waals surface area contributed by atoms with E-state index in [1.807, 2.05) is 25.1 Å². The van der Waals surface area contributed by atoms with Crippen LogP contribution in [0.5, 0.6) is 0 Å². The number of nitrogens with one attached hydrogen (secondary N) is 1. The summed E-state index contributed by atoms with van der Waals surface area (Å²) in [6, 6.07) is 5.81. The van der Waals surface area contributed by atoms with Gasteiger partial charge in [0.15, 0.2) is 0 Å². The average Bonchev–Trinajstić information content (AvgIpc) is 2.77. The van der Waals surface area contributed by atoms with E-state index in [2.05, 4.69) is 4.98 Å². The maximum Gasteiger partial charge on any atom is 0.314 e. The van der Waals surface area contributed by atoms with Crippen LogP contribution in [0.15, 0.2) is 18.2 Å². The van der Waals surface area contributed by atoms with Gasteiger partial charge in [-0.2, -0.15) is 0 Å². The number of ether oxygens (including phenoxy) is 1. The summed E-state index contributed by atoms with van der Waals surface area (Å²) in [6.07, 6.45) is 2.86. The van der Waals surface area contributed by atoms with Crippen LogP contribution in [-0.2, 0) is 16.0 Å². The summed E-state index contributed by atoms with van der Waals surface area (Å²) < 4.78 is 5.17. The Morgan fingerprint density at radius 2 is 2.37 bits per heavy atom. The molecule has 2 aromatic rings. The van der Waals surface area contributed by atoms with Crippen molar-refractivity contribution in [2.24, 2.45) is 0 Å². The zero-order valence-electron chi connectivity index (χ0n) is 10.8. The molecule has 1 aromatic heterocycles. The number of hydrogen-bond acceptors (Lipinski definition) is 2. The van der Waals surface area contributed by atoms with Crippen molar-refractivity contribution in [3.05, 3.63) is 34.5 Å². The van der Waals surface area contributed by atoms with Crippen LogP contribution in [0.3, 0.4) is 0 Å². The molecule has 1 atom stereocenters. The van der Waals surface area contributed by atoms with Crippen molar-refractivity contribution in [2.45, 2.75) is 32.1 Å². The Bertz CT molecular complexity index is 632. The first-order valence-electron chi connectivity index (χ1n) is 6.67. The van der Waals surface area contributed by atoms with E-state index in [1.165, 1.54) is 5.56 Å². The predicted octanol–water partition coefficient (Wildman–Crippen LogP) is 3.80. The van der Waals surface area contributed by atoms with Crippen molar-refractivity contribution < 1.29 is 9.53 Å². The number of fused-ring (bicyclic) bond motifs is 3. The third kappa shape index (κ3) is 2.12. The minimum atomic E-state index is -0.158. The van der Waals surface area contributed by atoms with Crippen molar-refractivity contribution in [1.82, 2.24) is 4.98 Å². The van der Waals surface area contributed by atoms with E-state index in [9.17, 15) is 4.79 Å². The third-order valence-corrected chi connectivity index (χ3v) is 3.98. The largest absolute Gasteiger partial charge is 0.465 e. The molecule has 1 aromatic carbocycles. The maximum absolute atomic E-state index is 12.0. The van der Waals surface area contributed by atoms with Crippen molar-refractivity contribution >= 4 is 28.5 Å². The van der Waals surface area contributed by atoms with E-state index in [0.29, 0.717) is 6.61 Å². The molecule has 0 saturated heterocycles. The van der Waals surface area contributed by atoms with E-state index < -0.39 is 0 Å². The lowest BCUT2D eigenvalue weighted by molar-refractivity contribution is -0.145. The second kappa shape index (κ2) is 4.89. The molecule has 0 aliphatic heterocycles. The highest BCUT2D eigenvalue weighted by molar-refractivity contribution is 6.31. The summed E-state index contributed by atoms with van der Waals surface area (Å²) in [6.45, 7) is 2.27. The minimum Gasteiger partial charge on any atom is -0.465 e. The van der Waals surface area contributed by atoms with Crippen molar-refractivity contribution in [3.63, 3.8) is 0 Å². The van der Waals surface area contributed by atoms with Gasteiger partial charge in [-0.15, -0.1) is 0 Å². The zero-order valence-corrected chi connectivity index (χ0v) is 11.6. The highest BCUT2D eigenvalue weighted by Gasteiger charge is 2.30. The number of carbonyl (C=O) groups is 1. The molecule has 3 rings (SSSR count). The molecule has 1 aliphatic carbocycles. The normalized spacial score (nSPS) is 18.3. The quantitative estimate of drug-likeness (QED) is 0.848. The van der Waals surface area contributed by atoms with E-state index in [-0.39, 0.29) is 11.9 Å². The molecule has 1 heterocycles. The van der Waals surface area contributed by atoms with Gasteiger partial charge in [-0.25, -0.2) is 0 Å². The Hall–Kier alpha value is -1.48. The average molecular weight is 278 g/mol. The Morgan fingerprint density at radius 1 is 1.53 bits per heavy atom. The van der Waals surface area contributed by atoms with Crippen LogP contribution in [-0.4, -0.2) is 17.6 Å². The fourth-order valence-electron chi connectivity index (χ4n) is 2.91. The Balaban J connectivity index is 2.09. The summed E-state index contributed by atoms with van der Waals surface area (Å²) in [5.74, 6) is -0.282. The third-order valence-electron chi connectivity index (χ3n) is 3.74. The first-order valence-corrected chi connectivity index (χ1v) is 7.05. The molecule has 4 heteroatoms. The number of aryl methyl sites for hydroxylation is 1. The van der Waals surface area contributed by atoms with Gasteiger partial charge in [0.1, 0.15) is 0 Å². The SMILES string of the molecule is CCOC(=O)[C@H]1CCCc2c1[nH]c1ccc(Cl)cc21. The molecule has 0 unspecified atom stereocenters. The van der Waals surface area contributed by atoms with Gasteiger partial charge in [0, 0.05) is 21.6 Å². The molecular formula is C15H16ClNO2. The van der Waals surface area contributed by atoms with Crippen molar-refractivity contribution in [2.75, 3.05) is 6.61 Å². The van der Waals surface area contributed by atoms with Gasteiger partial charge in [0.2, 0.25) is 0 Å². The number of aromatic amines is 1. The summed E-state index contributed by atoms with van der Waals surface area (Å²) in [5, 5.41) is 1.86. The van der Waals surface area contributed by atoms with Crippen molar-refractivity contribution in [3.8, 4) is 0 Å². The van der Waals surface area contributed by atoms with Crippen LogP contribution >= 0.6 is 11.6 Å². The van der Waals surface area contributed by atoms with Crippen molar-refractivity contribution in [1.29, 1.82) is 0 Å². The molecule has 0 fully saturated rings. The fraction of sp³-hybridized carbons (Fsp3) is 0.400. The number of rotatable bonds is 2. The molecule has 100 valence electrons. The molecule has 0 bridgehead atoms. The van der Waals surface area contributed by atoms with Crippen LogP contribution in [0, 0.1) is 0 Å². The lowest BCUT2D eigenvalue weighted by Gasteiger charge is -2.20. The fourth-order valence-corrected chi connectivity index (χ4v) is 3.09. The number of H-pyrrole nitrogens is 1. The van der Waals surface area contributed by atoms with Crippen LogP contribution in [0.25, 0.3) is 10.9 Å². The Labute approximate surface area is 116 Å². The van der Waals surface area contributed by atoms with Crippen LogP contribution < -0.4 is 0 Å². The summed E-state index contributed by atoms with van der Waals surface area (Å²) in [5.41, 5.74) is 3.29. The van der Waals surface area contributed by atoms with Crippen LogP contribution in [0.4, 0.5) is 0 Å². The lowest BCUT2D eigenvalue weighted by Crippen LogP contribution is -2.20. The van der Waals surface area contributed by atoms with Crippen LogP contribution in [0.2, 0.25) is 5.02 Å². The molecular weight excluding hydrogens is 262 g/mol. The predicted molar refractivity (Wildman–Crippen MR) is 75.6 cm³/mol. The van der Waals surface area contributed by atoms with Gasteiger partial charge in [-0.3, -0.25) is 4.79 Å². The summed E-state index contributed by atoms with van der Waals surface area (Å²) in [4.78, 5) is 15.4. The smallest absolute Gasteiger partial charge is 0.314 e. The second-order valence-electron chi connectivity index (χ2n) is 4.90. The molecule has 0 saturated carbocycles. The maximum atomic E-state index is 12.0. The lowest BCUT2D eigenvalue weighted by atomic mass is 9.87. The monoisotopic (exact) mass is 277 g/mol. The molecule has 0 spiro atoms. The van der Waals surface area contributed by atoms with Gasteiger partial charge in [0.25, 0.3) is 0 Å². The first kappa shape index (κ1) is 12.5. The van der Waals surface area contributed by atoms with E-state index in [4.69, 9.17) is 16.3 Å². The Kier molecular flexibility index (Phi) is 3.23. The number of carbonyl (C=O) groups excluding carboxylic acids is 1. The van der Waals surface area contributed by atoms with E-state index >= 15 is 0 Å². The second-order valence-corrected chi connectivity index (χ2v) is 5.34. The molecule has 1 N–H and O–H groups in total. The zero-order chi connectivity index (χ0) is 13.4. The molecule has 0 radical (unpaired) electrons. The topological polar surface area (TPSA) is 42.1 Å². The van der Waals surface area contributed by atoms with Crippen LogP contribution in [0.1, 0.15) is 36.9 Å². The van der Waals surface area contributed by atoms with Gasteiger partial charge >= 0.3 is 5.97 Å². The summed E-state index contributed by atoms with van der Waals surface area (Å²) in [7, 11) is 0. The standard InChI is InChI=1S/C15H16ClNO2/c1-2-19-15(18)11-5-3-4-10-12-8-9(16)6-7-13(12)17-14(10)11/h6-8,11,17H,2-5H2,1H3/t11-/m0/s1. The number of esters is 1. The minimum absolute atomic E-state index is 0.124. The van der Waals surface area contributed by atoms with Gasteiger partial charge in [0.05, 0.1) is 12.5 Å².